The van der Waals surface area contributed by atoms with Crippen molar-refractivity contribution in [1.82, 2.24) is 4.98 Å². The molecule has 0 atom stereocenters. The van der Waals surface area contributed by atoms with Crippen molar-refractivity contribution in [3.63, 3.8) is 0 Å². The second-order valence-electron chi connectivity index (χ2n) is 7.27. The second-order valence-corrected chi connectivity index (χ2v) is 7.27. The van der Waals surface area contributed by atoms with E-state index in [0.717, 1.165) is 11.1 Å². The number of amides is 1. The van der Waals surface area contributed by atoms with E-state index in [1.165, 1.54) is 6.07 Å². The third-order valence-corrected chi connectivity index (χ3v) is 5.21. The first-order valence-electron chi connectivity index (χ1n) is 9.49. The average Bonchev–Trinajstić information content (AvgIpc) is 2.80. The fourth-order valence-electron chi connectivity index (χ4n) is 3.31. The molecule has 0 aliphatic heterocycles. The fraction of sp³-hybridized carbons (Fsp3) is 0.0833. The number of rotatable bonds is 3. The summed E-state index contributed by atoms with van der Waals surface area (Å²) in [6.45, 7) is 3.85. The van der Waals surface area contributed by atoms with Crippen LogP contribution in [0.4, 0.5) is 27.6 Å². The number of hydrogen-bond donors (Lipinski definition) is 1. The van der Waals surface area contributed by atoms with Gasteiger partial charge in [0.05, 0.1) is 16.8 Å². The highest BCUT2D eigenvalue weighted by atomic mass is 19.2. The van der Waals surface area contributed by atoms with Gasteiger partial charge in [0, 0.05) is 10.9 Å². The first kappa shape index (κ1) is 21.4. The van der Waals surface area contributed by atoms with Crippen LogP contribution in [0.3, 0.4) is 0 Å². The van der Waals surface area contributed by atoms with E-state index in [0.29, 0.717) is 22.2 Å². The van der Waals surface area contributed by atoms with Crippen molar-refractivity contribution in [3.05, 3.63) is 94.3 Å². The second kappa shape index (κ2) is 8.03. The van der Waals surface area contributed by atoms with E-state index in [4.69, 9.17) is 0 Å². The summed E-state index contributed by atoms with van der Waals surface area (Å²) >= 11 is 0. The molecule has 1 N–H and O–H groups in total. The van der Waals surface area contributed by atoms with Gasteiger partial charge < -0.3 is 5.32 Å². The highest BCUT2D eigenvalue weighted by Crippen LogP contribution is 2.30. The molecule has 8 heteroatoms. The Hall–Kier alpha value is -3.81. The zero-order valence-corrected chi connectivity index (χ0v) is 16.9. The quantitative estimate of drug-likeness (QED) is 0.225. The van der Waals surface area contributed by atoms with E-state index < -0.39 is 40.7 Å². The summed E-state index contributed by atoms with van der Waals surface area (Å²) in [5, 5.41) is 2.18. The monoisotopic (exact) mass is 442 g/mol. The lowest BCUT2D eigenvalue weighted by atomic mass is 10.0. The lowest BCUT2D eigenvalue weighted by molar-refractivity contribution is 0.102. The van der Waals surface area contributed by atoms with Gasteiger partial charge in [-0.2, -0.15) is 0 Å². The van der Waals surface area contributed by atoms with Crippen LogP contribution in [-0.2, 0) is 0 Å². The molecule has 4 aromatic rings. The van der Waals surface area contributed by atoms with Crippen molar-refractivity contribution in [3.8, 4) is 11.3 Å². The number of hydrogen-bond acceptors (Lipinski definition) is 2. The maximum absolute atomic E-state index is 14.1. The number of benzene rings is 3. The predicted molar refractivity (Wildman–Crippen MR) is 111 cm³/mol. The van der Waals surface area contributed by atoms with Crippen molar-refractivity contribution in [2.75, 3.05) is 5.32 Å². The minimum Gasteiger partial charge on any atom is -0.317 e. The Bertz CT molecular complexity index is 1370. The summed E-state index contributed by atoms with van der Waals surface area (Å²) in [6, 6.07) is 13.5. The first-order chi connectivity index (χ1) is 15.2. The molecule has 162 valence electrons. The van der Waals surface area contributed by atoms with Gasteiger partial charge in [0.1, 0.15) is 5.69 Å². The molecule has 32 heavy (non-hydrogen) atoms. The molecule has 3 nitrogen and oxygen atoms in total. The number of aromatic nitrogens is 1. The van der Waals surface area contributed by atoms with Gasteiger partial charge in [-0.1, -0.05) is 30.3 Å². The fourth-order valence-corrected chi connectivity index (χ4v) is 3.31. The summed E-state index contributed by atoms with van der Waals surface area (Å²) in [5.41, 5.74) is 2.13. The molecule has 0 radical (unpaired) electrons. The summed E-state index contributed by atoms with van der Waals surface area (Å²) in [6.07, 6.45) is 0. The molecule has 1 heterocycles. The highest BCUT2D eigenvalue weighted by Gasteiger charge is 2.27. The number of para-hydroxylation sites is 1. The lowest BCUT2D eigenvalue weighted by Gasteiger charge is -2.13. The molecular weight excluding hydrogens is 427 g/mol. The maximum Gasteiger partial charge on any atom is 0.256 e. The molecule has 0 bridgehead atoms. The first-order valence-corrected chi connectivity index (χ1v) is 9.49. The smallest absolute Gasteiger partial charge is 0.256 e. The van der Waals surface area contributed by atoms with Crippen molar-refractivity contribution in [2.24, 2.45) is 0 Å². The average molecular weight is 442 g/mol. The van der Waals surface area contributed by atoms with E-state index in [1.54, 1.807) is 24.3 Å². The van der Waals surface area contributed by atoms with Crippen LogP contribution >= 0.6 is 0 Å². The molecular formula is C24H15F5N2O. The zero-order valence-electron chi connectivity index (χ0n) is 16.9. The third kappa shape index (κ3) is 3.57. The number of pyridine rings is 1. The third-order valence-electron chi connectivity index (χ3n) is 5.21. The topological polar surface area (TPSA) is 42.0 Å². The molecule has 4 rings (SSSR count). The van der Waals surface area contributed by atoms with Crippen molar-refractivity contribution in [2.45, 2.75) is 13.8 Å². The minimum atomic E-state index is -2.30. The molecule has 0 saturated carbocycles. The Morgan fingerprint density at radius 2 is 1.41 bits per heavy atom. The Kier molecular flexibility index (Phi) is 5.38. The van der Waals surface area contributed by atoms with Crippen LogP contribution in [0.25, 0.3) is 22.2 Å². The number of carbonyl (C=O) groups excluding carboxylic acids is 1. The number of aryl methyl sites for hydroxylation is 2. The Balaban J connectivity index is 1.86. The van der Waals surface area contributed by atoms with Gasteiger partial charge in [-0.3, -0.25) is 4.79 Å². The van der Waals surface area contributed by atoms with Crippen molar-refractivity contribution < 1.29 is 26.7 Å². The lowest BCUT2D eigenvalue weighted by Crippen LogP contribution is -2.17. The summed E-state index contributed by atoms with van der Waals surface area (Å²) < 4.78 is 68.5. The van der Waals surface area contributed by atoms with Crippen LogP contribution < -0.4 is 5.32 Å². The largest absolute Gasteiger partial charge is 0.317 e. The van der Waals surface area contributed by atoms with E-state index in [-0.39, 0.29) is 5.56 Å². The standard InChI is InChI=1S/C24H15F5N2O/c1-11-7-8-13(9-12(11)2)17-10-15(14-5-3-4-6-16(14)30-17)24(32)31-23-21(28)19(26)18(25)20(27)22(23)29/h3-10H,1-2H3,(H,31,32). The summed E-state index contributed by atoms with van der Waals surface area (Å²) in [4.78, 5) is 17.5. The van der Waals surface area contributed by atoms with E-state index in [1.807, 2.05) is 37.4 Å². The van der Waals surface area contributed by atoms with Gasteiger partial charge >= 0.3 is 0 Å². The van der Waals surface area contributed by atoms with Gasteiger partial charge in [-0.25, -0.2) is 26.9 Å². The van der Waals surface area contributed by atoms with E-state index >= 15 is 0 Å². The normalized spacial score (nSPS) is 11.1. The summed E-state index contributed by atoms with van der Waals surface area (Å²) in [7, 11) is 0. The zero-order chi connectivity index (χ0) is 23.2. The molecule has 0 spiro atoms. The van der Waals surface area contributed by atoms with Gasteiger partial charge in [0.2, 0.25) is 5.82 Å². The van der Waals surface area contributed by atoms with E-state index in [2.05, 4.69) is 4.98 Å². The minimum absolute atomic E-state index is 0.0345. The molecule has 3 aromatic carbocycles. The molecule has 0 saturated heterocycles. The van der Waals surface area contributed by atoms with Crippen molar-refractivity contribution >= 4 is 22.5 Å². The van der Waals surface area contributed by atoms with Gasteiger partial charge in [-0.15, -0.1) is 0 Å². The molecule has 0 fully saturated rings. The van der Waals surface area contributed by atoms with Crippen LogP contribution in [0.15, 0.2) is 48.5 Å². The number of nitrogens with zero attached hydrogens (tertiary/aromatic N) is 1. The summed E-state index contributed by atoms with van der Waals surface area (Å²) in [5.74, 6) is -11.9. The predicted octanol–water partition coefficient (Wildman–Crippen LogP) is 6.47. The Labute approximate surface area is 179 Å². The van der Waals surface area contributed by atoms with Crippen molar-refractivity contribution in [1.29, 1.82) is 0 Å². The Morgan fingerprint density at radius 1 is 0.781 bits per heavy atom. The molecule has 0 aliphatic carbocycles. The number of anilines is 1. The van der Waals surface area contributed by atoms with Gasteiger partial charge in [0.25, 0.3) is 5.91 Å². The maximum atomic E-state index is 14.1. The molecule has 0 unspecified atom stereocenters. The van der Waals surface area contributed by atoms with Crippen LogP contribution in [0.2, 0.25) is 0 Å². The highest BCUT2D eigenvalue weighted by molar-refractivity contribution is 6.13. The van der Waals surface area contributed by atoms with E-state index in [9.17, 15) is 26.7 Å². The van der Waals surface area contributed by atoms with Crippen LogP contribution in [-0.4, -0.2) is 10.9 Å². The van der Waals surface area contributed by atoms with Crippen LogP contribution in [0.1, 0.15) is 21.5 Å². The molecule has 0 aliphatic rings. The number of carbonyl (C=O) groups is 1. The SMILES string of the molecule is Cc1ccc(-c2cc(C(=O)Nc3c(F)c(F)c(F)c(F)c3F)c3ccccc3n2)cc1C. The van der Waals surface area contributed by atoms with Gasteiger partial charge in [0.15, 0.2) is 23.3 Å². The van der Waals surface area contributed by atoms with Crippen LogP contribution in [0, 0.1) is 42.9 Å². The number of fused-ring (bicyclic) bond motifs is 1. The Morgan fingerprint density at radius 3 is 2.06 bits per heavy atom. The number of nitrogens with one attached hydrogen (secondary N) is 1. The molecule has 1 amide bonds. The van der Waals surface area contributed by atoms with Crippen LogP contribution in [0.5, 0.6) is 0 Å². The van der Waals surface area contributed by atoms with Gasteiger partial charge in [-0.05, 0) is 43.2 Å². The molecule has 1 aromatic heterocycles. The number of halogens is 5.